The Hall–Kier alpha value is -3.29. The van der Waals surface area contributed by atoms with Crippen molar-refractivity contribution in [2.45, 2.75) is 46.5 Å². The van der Waals surface area contributed by atoms with Crippen LogP contribution in [-0.4, -0.2) is 52.1 Å². The molecule has 3 rings (SSSR count). The fourth-order valence-corrected chi connectivity index (χ4v) is 3.64. The molecule has 0 aliphatic carbocycles. The fourth-order valence-electron chi connectivity index (χ4n) is 3.64. The molecule has 1 aliphatic heterocycles. The lowest BCUT2D eigenvalue weighted by atomic mass is 9.98. The predicted octanol–water partition coefficient (Wildman–Crippen LogP) is 3.24. The average Bonchev–Trinajstić information content (AvgIpc) is 2.77. The van der Waals surface area contributed by atoms with Crippen molar-refractivity contribution >= 4 is 17.5 Å². The van der Waals surface area contributed by atoms with Gasteiger partial charge in [-0.05, 0) is 36.3 Å². The molecular formula is C24H33N5O3. The Bertz CT molecular complexity index is 921. The SMILES string of the molecule is C.CC(=O)N1CCC(COc2ncc(-c3cccc(CCC(=O)CC(=N)N)c3)cn2)CC1. The predicted molar refractivity (Wildman–Crippen MR) is 125 cm³/mol. The molecule has 1 fully saturated rings. The summed E-state index contributed by atoms with van der Waals surface area (Å²) in [6.45, 7) is 3.71. The van der Waals surface area contributed by atoms with Crippen LogP contribution in [0, 0.1) is 11.3 Å². The Labute approximate surface area is 189 Å². The van der Waals surface area contributed by atoms with Gasteiger partial charge in [0.25, 0.3) is 0 Å². The van der Waals surface area contributed by atoms with E-state index < -0.39 is 0 Å². The number of amidine groups is 1. The van der Waals surface area contributed by atoms with E-state index >= 15 is 0 Å². The van der Waals surface area contributed by atoms with Gasteiger partial charge in [-0.15, -0.1) is 0 Å². The molecule has 32 heavy (non-hydrogen) atoms. The van der Waals surface area contributed by atoms with E-state index in [2.05, 4.69) is 9.97 Å². The minimum Gasteiger partial charge on any atom is -0.463 e. The number of benzene rings is 1. The maximum absolute atomic E-state index is 11.8. The number of nitrogens with zero attached hydrogens (tertiary/aromatic N) is 3. The van der Waals surface area contributed by atoms with Gasteiger partial charge >= 0.3 is 6.01 Å². The maximum atomic E-state index is 11.8. The van der Waals surface area contributed by atoms with Crippen LogP contribution in [0.1, 0.15) is 45.6 Å². The number of piperidine rings is 1. The average molecular weight is 440 g/mol. The molecule has 0 radical (unpaired) electrons. The number of rotatable bonds is 9. The quantitative estimate of drug-likeness (QED) is 0.457. The van der Waals surface area contributed by atoms with Crippen molar-refractivity contribution in [3.8, 4) is 17.1 Å². The molecule has 1 aromatic carbocycles. The highest BCUT2D eigenvalue weighted by Gasteiger charge is 2.21. The molecule has 0 bridgehead atoms. The lowest BCUT2D eigenvalue weighted by Gasteiger charge is -2.30. The van der Waals surface area contributed by atoms with E-state index in [9.17, 15) is 9.59 Å². The summed E-state index contributed by atoms with van der Waals surface area (Å²) in [6, 6.07) is 8.26. The van der Waals surface area contributed by atoms with Crippen LogP contribution in [0.4, 0.5) is 0 Å². The second kappa shape index (κ2) is 11.9. The molecule has 1 saturated heterocycles. The number of Topliss-reactive ketones (excluding diaryl/α,β-unsaturated/α-hetero) is 1. The van der Waals surface area contributed by atoms with Crippen molar-refractivity contribution in [2.24, 2.45) is 11.7 Å². The standard InChI is InChI=1S/C23H29N5O3.CH4/c1-16(29)28-9-7-18(8-10-28)15-31-23-26-13-20(14-27-23)19-4-2-3-17(11-19)5-6-21(30)12-22(24)25;/h2-4,11,13-14,18H,5-10,12,15H2,1H3,(H3,24,25);1H4. The van der Waals surface area contributed by atoms with E-state index in [0.717, 1.165) is 42.6 Å². The van der Waals surface area contributed by atoms with Crippen molar-refractivity contribution in [1.82, 2.24) is 14.9 Å². The van der Waals surface area contributed by atoms with Gasteiger partial charge in [-0.1, -0.05) is 31.7 Å². The normalized spacial score (nSPS) is 13.8. The van der Waals surface area contributed by atoms with Gasteiger partial charge in [0.2, 0.25) is 5.91 Å². The minimum absolute atomic E-state index is 0. The summed E-state index contributed by atoms with van der Waals surface area (Å²) in [7, 11) is 0. The summed E-state index contributed by atoms with van der Waals surface area (Å²) >= 11 is 0. The molecule has 0 atom stereocenters. The third-order valence-corrected chi connectivity index (χ3v) is 5.48. The molecule has 1 aliphatic rings. The number of aromatic nitrogens is 2. The van der Waals surface area contributed by atoms with E-state index in [-0.39, 0.29) is 31.4 Å². The van der Waals surface area contributed by atoms with Crippen molar-refractivity contribution in [1.29, 1.82) is 5.41 Å². The third kappa shape index (κ3) is 7.44. The molecule has 8 heteroatoms. The van der Waals surface area contributed by atoms with Crippen LogP contribution in [0.25, 0.3) is 11.1 Å². The molecule has 2 aromatic rings. The fraction of sp³-hybridized carbons (Fsp3) is 0.458. The highest BCUT2D eigenvalue weighted by atomic mass is 16.5. The number of hydrogen-bond donors (Lipinski definition) is 2. The Morgan fingerprint density at radius 2 is 1.88 bits per heavy atom. The lowest BCUT2D eigenvalue weighted by Crippen LogP contribution is -2.38. The number of ether oxygens (including phenoxy) is 1. The number of nitrogens with one attached hydrogen (secondary N) is 1. The maximum Gasteiger partial charge on any atom is 0.316 e. The Balaban J connectivity index is 0.00000363. The van der Waals surface area contributed by atoms with Gasteiger partial charge in [0, 0.05) is 44.4 Å². The lowest BCUT2D eigenvalue weighted by molar-refractivity contribution is -0.130. The van der Waals surface area contributed by atoms with Gasteiger partial charge in [-0.3, -0.25) is 15.0 Å². The number of carbonyl (C=O) groups is 2. The van der Waals surface area contributed by atoms with Crippen LogP contribution in [-0.2, 0) is 16.0 Å². The highest BCUT2D eigenvalue weighted by Crippen LogP contribution is 2.22. The molecule has 1 aromatic heterocycles. The van der Waals surface area contributed by atoms with Gasteiger partial charge in [0.05, 0.1) is 18.9 Å². The first-order valence-corrected chi connectivity index (χ1v) is 10.5. The summed E-state index contributed by atoms with van der Waals surface area (Å²) in [4.78, 5) is 33.7. The summed E-state index contributed by atoms with van der Waals surface area (Å²) in [5.74, 6) is 0.403. The van der Waals surface area contributed by atoms with Crippen molar-refractivity contribution in [3.05, 3.63) is 42.2 Å². The zero-order valence-corrected chi connectivity index (χ0v) is 17.8. The first-order chi connectivity index (χ1) is 14.9. The van der Waals surface area contributed by atoms with Gasteiger partial charge in [-0.2, -0.15) is 0 Å². The zero-order valence-electron chi connectivity index (χ0n) is 17.8. The Morgan fingerprint density at radius 1 is 1.19 bits per heavy atom. The zero-order chi connectivity index (χ0) is 22.2. The van der Waals surface area contributed by atoms with E-state index in [0.29, 0.717) is 31.4 Å². The number of nitrogens with two attached hydrogens (primary N) is 1. The minimum atomic E-state index is -0.0975. The highest BCUT2D eigenvalue weighted by molar-refractivity contribution is 5.98. The van der Waals surface area contributed by atoms with Crippen molar-refractivity contribution in [3.63, 3.8) is 0 Å². The number of hydrogen-bond acceptors (Lipinski definition) is 6. The molecule has 8 nitrogen and oxygen atoms in total. The van der Waals surface area contributed by atoms with Crippen LogP contribution >= 0.6 is 0 Å². The van der Waals surface area contributed by atoms with Gasteiger partial charge in [0.15, 0.2) is 0 Å². The number of likely N-dealkylation sites (tertiary alicyclic amines) is 1. The summed E-state index contributed by atoms with van der Waals surface area (Å²) < 4.78 is 5.76. The molecule has 1 amide bonds. The van der Waals surface area contributed by atoms with E-state index in [1.165, 1.54) is 0 Å². The van der Waals surface area contributed by atoms with E-state index in [1.54, 1.807) is 19.3 Å². The van der Waals surface area contributed by atoms with Crippen molar-refractivity contribution < 1.29 is 14.3 Å². The molecule has 0 unspecified atom stereocenters. The number of amides is 1. The molecule has 2 heterocycles. The number of aryl methyl sites for hydroxylation is 1. The molecule has 0 saturated carbocycles. The van der Waals surface area contributed by atoms with E-state index in [1.807, 2.05) is 29.2 Å². The smallest absolute Gasteiger partial charge is 0.316 e. The van der Waals surface area contributed by atoms with Crippen molar-refractivity contribution in [2.75, 3.05) is 19.7 Å². The summed E-state index contributed by atoms with van der Waals surface area (Å²) in [5, 5.41) is 7.20. The Kier molecular flexibility index (Phi) is 9.31. The topological polar surface area (TPSA) is 122 Å². The van der Waals surface area contributed by atoms with Crippen LogP contribution in [0.15, 0.2) is 36.7 Å². The number of ketones is 1. The monoisotopic (exact) mass is 439 g/mol. The molecule has 172 valence electrons. The van der Waals surface area contributed by atoms with Crippen LogP contribution in [0.3, 0.4) is 0 Å². The summed E-state index contributed by atoms with van der Waals surface area (Å²) in [5.41, 5.74) is 8.16. The molecular weight excluding hydrogens is 406 g/mol. The largest absolute Gasteiger partial charge is 0.463 e. The molecule has 3 N–H and O–H groups in total. The van der Waals surface area contributed by atoms with Gasteiger partial charge in [-0.25, -0.2) is 9.97 Å². The Morgan fingerprint density at radius 3 is 2.50 bits per heavy atom. The van der Waals surface area contributed by atoms with Gasteiger partial charge < -0.3 is 15.4 Å². The first kappa shape index (κ1) is 25.0. The van der Waals surface area contributed by atoms with Gasteiger partial charge in [0.1, 0.15) is 5.78 Å². The number of carbonyl (C=O) groups excluding carboxylic acids is 2. The van der Waals surface area contributed by atoms with Crippen LogP contribution in [0.2, 0.25) is 0 Å². The second-order valence-corrected chi connectivity index (χ2v) is 7.96. The molecule has 0 spiro atoms. The second-order valence-electron chi connectivity index (χ2n) is 7.96. The van der Waals surface area contributed by atoms with E-state index in [4.69, 9.17) is 15.9 Å². The van der Waals surface area contributed by atoms with Crippen LogP contribution < -0.4 is 10.5 Å². The van der Waals surface area contributed by atoms with Crippen LogP contribution in [0.5, 0.6) is 6.01 Å². The first-order valence-electron chi connectivity index (χ1n) is 10.5. The summed E-state index contributed by atoms with van der Waals surface area (Å²) in [6.07, 6.45) is 6.30. The third-order valence-electron chi connectivity index (χ3n) is 5.48.